The van der Waals surface area contributed by atoms with Crippen LogP contribution < -0.4 is 5.73 Å². The summed E-state index contributed by atoms with van der Waals surface area (Å²) in [5.41, 5.74) is 5.86. The zero-order valence-corrected chi connectivity index (χ0v) is 17.9. The highest BCUT2D eigenvalue weighted by molar-refractivity contribution is 7.66. The lowest BCUT2D eigenvalue weighted by molar-refractivity contribution is -0.220. The number of aliphatic hydroxyl groups is 1. The molecule has 0 radical (unpaired) electrons. The molecule has 1 saturated heterocycles. The van der Waals surface area contributed by atoms with Crippen molar-refractivity contribution in [3.63, 3.8) is 0 Å². The Morgan fingerprint density at radius 2 is 1.81 bits per heavy atom. The van der Waals surface area contributed by atoms with Crippen LogP contribution >= 0.6 is 23.5 Å². The number of hydrogen-bond acceptors (Lipinski definition) is 13. The fourth-order valence-corrected chi connectivity index (χ4v) is 5.73. The van der Waals surface area contributed by atoms with E-state index in [-0.39, 0.29) is 17.0 Å². The summed E-state index contributed by atoms with van der Waals surface area (Å²) in [5.74, 6) is -0.00535. The summed E-state index contributed by atoms with van der Waals surface area (Å²) in [4.78, 5) is 50.9. The number of hydrogen-bond donors (Lipinski definition) is 6. The number of aromatic nitrogens is 4. The maximum atomic E-state index is 13.1. The van der Waals surface area contributed by atoms with E-state index in [1.54, 1.807) is 0 Å². The molecule has 2 aromatic heterocycles. The van der Waals surface area contributed by atoms with Gasteiger partial charge < -0.3 is 35.2 Å². The van der Waals surface area contributed by atoms with Gasteiger partial charge in [0.1, 0.15) is 24.1 Å². The smallest absolute Gasteiger partial charge is 0.387 e. The number of fused-ring (bicyclic) bond motifs is 1. The third-order valence-electron chi connectivity index (χ3n) is 3.89. The number of ether oxygens (including phenoxy) is 1. The molecule has 7 N–H and O–H groups in total. The van der Waals surface area contributed by atoms with Gasteiger partial charge in [0.15, 0.2) is 23.8 Å². The highest BCUT2D eigenvalue weighted by Gasteiger charge is 2.49. The molecule has 1 aliphatic heterocycles. The molecule has 32 heavy (non-hydrogen) atoms. The number of nitrogen functional groups attached to an aromatic ring is 1. The zero-order chi connectivity index (χ0) is 23.9. The molecule has 6 atom stereocenters. The van der Waals surface area contributed by atoms with E-state index in [0.717, 1.165) is 17.2 Å². The van der Waals surface area contributed by atoms with E-state index >= 15 is 0 Å². The minimum Gasteiger partial charge on any atom is -0.387 e. The predicted molar refractivity (Wildman–Crippen MR) is 95.4 cm³/mol. The Morgan fingerprint density at radius 1 is 1.12 bits per heavy atom. The van der Waals surface area contributed by atoms with E-state index in [1.165, 1.54) is 0 Å². The Kier molecular flexibility index (Phi) is 7.15. The molecule has 0 aromatic carbocycles. The van der Waals surface area contributed by atoms with Gasteiger partial charge in [-0.2, -0.15) is 13.6 Å². The third kappa shape index (κ3) is 5.73. The Bertz CT molecular complexity index is 1130. The van der Waals surface area contributed by atoms with Gasteiger partial charge in [-0.3, -0.25) is 9.09 Å². The van der Waals surface area contributed by atoms with Crippen LogP contribution in [0.15, 0.2) is 12.7 Å². The minimum absolute atomic E-state index is 0.00535. The summed E-state index contributed by atoms with van der Waals surface area (Å²) in [7, 11) is -16.8. The molecule has 22 heteroatoms. The fraction of sp³-hybridized carbons (Fsp3) is 0.500. The highest BCUT2D eigenvalue weighted by atomic mass is 31.3. The summed E-state index contributed by atoms with van der Waals surface area (Å²) in [6.07, 6.45) is -4.30. The normalized spacial score (nSPS) is 27.9. The molecule has 2 aromatic rings. The second-order valence-corrected chi connectivity index (χ2v) is 10.5. The van der Waals surface area contributed by atoms with Gasteiger partial charge in [-0.25, -0.2) is 28.6 Å². The topological polar surface area (TPSA) is 268 Å². The number of phosphoric ester groups is 1. The number of anilines is 1. The van der Waals surface area contributed by atoms with Crippen molar-refractivity contribution in [2.24, 2.45) is 0 Å². The number of nitrogens with two attached hydrogens (primary N) is 1. The van der Waals surface area contributed by atoms with Crippen LogP contribution in [-0.4, -0.2) is 69.1 Å². The molecule has 0 aliphatic carbocycles. The van der Waals surface area contributed by atoms with Crippen LogP contribution in [0.5, 0.6) is 0 Å². The molecule has 1 aliphatic rings. The van der Waals surface area contributed by atoms with Crippen molar-refractivity contribution in [1.82, 2.24) is 19.5 Å². The van der Waals surface area contributed by atoms with E-state index < -0.39 is 54.6 Å². The molecule has 180 valence electrons. The van der Waals surface area contributed by atoms with E-state index in [9.17, 15) is 28.2 Å². The summed E-state index contributed by atoms with van der Waals surface area (Å²) in [6.45, 7) is -1.04. The zero-order valence-electron chi connectivity index (χ0n) is 15.3. The van der Waals surface area contributed by atoms with Gasteiger partial charge in [0.2, 0.25) is 0 Å². The Labute approximate surface area is 176 Å². The molecule has 0 bridgehead atoms. The second-order valence-electron chi connectivity index (χ2n) is 6.08. The van der Waals surface area contributed by atoms with Crippen molar-refractivity contribution < 1.29 is 65.7 Å². The van der Waals surface area contributed by atoms with Gasteiger partial charge in [-0.15, -0.1) is 0 Å². The van der Waals surface area contributed by atoms with Crippen LogP contribution in [0.2, 0.25) is 0 Å². The monoisotopic (exact) mass is 525 g/mol. The maximum absolute atomic E-state index is 13.1. The Balaban J connectivity index is 1.73. The van der Waals surface area contributed by atoms with E-state index in [2.05, 4.69) is 33.0 Å². The van der Waals surface area contributed by atoms with Gasteiger partial charge in [-0.05, 0) is 4.53 Å². The van der Waals surface area contributed by atoms with E-state index in [0.29, 0.717) is 0 Å². The first kappa shape index (κ1) is 25.2. The summed E-state index contributed by atoms with van der Waals surface area (Å²) in [6, 6.07) is 0. The minimum atomic E-state index is -5.74. The van der Waals surface area contributed by atoms with Crippen LogP contribution in [0.4, 0.5) is 10.3 Å². The number of aliphatic hydroxyl groups excluding tert-OH is 1. The number of phosphoric acid groups is 3. The fourth-order valence-electron chi connectivity index (χ4n) is 2.70. The maximum Gasteiger partial charge on any atom is 0.490 e. The van der Waals surface area contributed by atoms with Crippen molar-refractivity contribution in [3.8, 4) is 0 Å². The van der Waals surface area contributed by atoms with Crippen molar-refractivity contribution in [2.75, 3.05) is 12.3 Å². The third-order valence-corrected chi connectivity index (χ3v) is 7.70. The van der Waals surface area contributed by atoms with Crippen molar-refractivity contribution in [2.45, 2.75) is 24.5 Å². The number of halogens is 1. The molecule has 0 amide bonds. The van der Waals surface area contributed by atoms with Gasteiger partial charge in [-0.1, -0.05) is 0 Å². The van der Waals surface area contributed by atoms with Crippen molar-refractivity contribution >= 4 is 40.4 Å². The molecule has 18 nitrogen and oxygen atoms in total. The molecule has 0 spiro atoms. The van der Waals surface area contributed by atoms with Crippen LogP contribution in [0.25, 0.3) is 11.2 Å². The van der Waals surface area contributed by atoms with Crippen LogP contribution in [0.3, 0.4) is 0 Å². The highest BCUT2D eigenvalue weighted by Crippen LogP contribution is 2.66. The Morgan fingerprint density at radius 3 is 2.44 bits per heavy atom. The molecule has 3 rings (SSSR count). The second kappa shape index (κ2) is 9.08. The lowest BCUT2D eigenvalue weighted by Crippen LogP contribution is -2.34. The van der Waals surface area contributed by atoms with Crippen molar-refractivity contribution in [3.05, 3.63) is 12.7 Å². The SMILES string of the molecule is Nc1ncnc2c1ncn2[C@@H]1O[C@H](COP(=O)(O)OP(=O)(O)OP(=O)(O)O)[C@H](O)[C@H]1OF. The molecule has 3 heterocycles. The average molecular weight is 525 g/mol. The summed E-state index contributed by atoms with van der Waals surface area (Å²) < 4.78 is 64.9. The lowest BCUT2D eigenvalue weighted by atomic mass is 10.1. The predicted octanol–water partition coefficient (Wildman–Crippen LogP) is -0.720. The number of rotatable bonds is 9. The van der Waals surface area contributed by atoms with E-state index in [1.807, 2.05) is 0 Å². The first-order valence-corrected chi connectivity index (χ1v) is 12.6. The van der Waals surface area contributed by atoms with Gasteiger partial charge >= 0.3 is 23.5 Å². The largest absolute Gasteiger partial charge is 0.490 e. The Hall–Kier alpha value is -1.43. The molecular weight excluding hydrogens is 510 g/mol. The average Bonchev–Trinajstić information content (AvgIpc) is 3.18. The van der Waals surface area contributed by atoms with Crippen molar-refractivity contribution in [1.29, 1.82) is 0 Å². The molecule has 2 unspecified atom stereocenters. The number of imidazole rings is 1. The standard InChI is InChI=1S/C10H15FN5O13P3/c11-27-7-6(17)4(1-25-31(21,22)29-32(23,24)28-30(18,19)20)26-10(7)16-3-15-5-8(12)13-2-14-9(5)16/h2-4,6-7,10,17H,1H2,(H,21,22)(H,23,24)(H2,12,13,14)(H2,18,19,20)/t4-,6+,7-,10-/m1/s1. The lowest BCUT2D eigenvalue weighted by Gasteiger charge is -2.19. The van der Waals surface area contributed by atoms with Gasteiger partial charge in [0.25, 0.3) is 0 Å². The van der Waals surface area contributed by atoms with Gasteiger partial charge in [0.05, 0.1) is 12.9 Å². The van der Waals surface area contributed by atoms with Crippen LogP contribution in [0, 0.1) is 0 Å². The first-order chi connectivity index (χ1) is 14.7. The van der Waals surface area contributed by atoms with Crippen LogP contribution in [0.1, 0.15) is 6.23 Å². The van der Waals surface area contributed by atoms with Crippen LogP contribution in [-0.2, 0) is 36.5 Å². The number of nitrogens with zero attached hydrogens (tertiary/aromatic N) is 4. The molecule has 0 saturated carbocycles. The molecule has 1 fully saturated rings. The van der Waals surface area contributed by atoms with Gasteiger partial charge in [0, 0.05) is 0 Å². The summed E-state index contributed by atoms with van der Waals surface area (Å²) in [5, 5.41) is 10.2. The first-order valence-electron chi connectivity index (χ1n) is 8.05. The summed E-state index contributed by atoms with van der Waals surface area (Å²) >= 11 is 0. The van der Waals surface area contributed by atoms with E-state index in [4.69, 9.17) is 25.2 Å². The molecular formula is C10H15FN5O13P3. The quantitative estimate of drug-likeness (QED) is 0.220.